The highest BCUT2D eigenvalue weighted by Crippen LogP contribution is 2.23. The van der Waals surface area contributed by atoms with E-state index in [9.17, 15) is 9.59 Å². The number of carbonyl (C=O) groups is 2. The third-order valence-corrected chi connectivity index (χ3v) is 6.57. The molecular formula is C26H30N4O4. The summed E-state index contributed by atoms with van der Waals surface area (Å²) in [6, 6.07) is 13.5. The zero-order chi connectivity index (χ0) is 23.3. The molecule has 5 rings (SSSR count). The van der Waals surface area contributed by atoms with Gasteiger partial charge in [-0.2, -0.15) is 5.10 Å². The summed E-state index contributed by atoms with van der Waals surface area (Å²) in [6.45, 7) is 3.98. The van der Waals surface area contributed by atoms with E-state index in [0.717, 1.165) is 24.9 Å². The van der Waals surface area contributed by atoms with Gasteiger partial charge in [-0.1, -0.05) is 18.2 Å². The van der Waals surface area contributed by atoms with Gasteiger partial charge >= 0.3 is 0 Å². The van der Waals surface area contributed by atoms with Crippen molar-refractivity contribution in [1.29, 1.82) is 0 Å². The van der Waals surface area contributed by atoms with Crippen LogP contribution in [-0.2, 0) is 16.0 Å². The van der Waals surface area contributed by atoms with Gasteiger partial charge in [-0.15, -0.1) is 0 Å². The van der Waals surface area contributed by atoms with Gasteiger partial charge in [-0.25, -0.2) is 4.52 Å². The van der Waals surface area contributed by atoms with Crippen LogP contribution in [0.25, 0.3) is 5.52 Å². The molecule has 3 aromatic rings. The summed E-state index contributed by atoms with van der Waals surface area (Å²) in [4.78, 5) is 29.1. The summed E-state index contributed by atoms with van der Waals surface area (Å²) in [6.07, 6.45) is 6.07. The second-order valence-electron chi connectivity index (χ2n) is 8.92. The number of fused-ring (bicyclic) bond motifs is 1. The minimum atomic E-state index is -0.0501. The van der Waals surface area contributed by atoms with Crippen molar-refractivity contribution >= 4 is 17.3 Å². The molecule has 8 nitrogen and oxygen atoms in total. The third kappa shape index (κ3) is 4.92. The second-order valence-corrected chi connectivity index (χ2v) is 8.92. The quantitative estimate of drug-likeness (QED) is 0.540. The van der Waals surface area contributed by atoms with E-state index in [-0.39, 0.29) is 17.7 Å². The first-order chi connectivity index (χ1) is 16.7. The van der Waals surface area contributed by atoms with E-state index in [4.69, 9.17) is 9.47 Å². The minimum Gasteiger partial charge on any atom is -0.491 e. The van der Waals surface area contributed by atoms with Gasteiger partial charge in [0.2, 0.25) is 5.91 Å². The van der Waals surface area contributed by atoms with E-state index in [0.29, 0.717) is 57.2 Å². The maximum Gasteiger partial charge on any atom is 0.257 e. The number of carbonyl (C=O) groups excluding carboxylic acids is 2. The SMILES string of the molecule is O=C1CCCN1CCOc1ccccc1C(=O)N1CCOCC(Cc2cccn3nccc23)C1. The molecule has 2 aromatic heterocycles. The monoisotopic (exact) mass is 462 g/mol. The van der Waals surface area contributed by atoms with Gasteiger partial charge < -0.3 is 19.3 Å². The van der Waals surface area contributed by atoms with Crippen LogP contribution in [0.2, 0.25) is 0 Å². The van der Waals surface area contributed by atoms with E-state index in [1.807, 2.05) is 56.9 Å². The first-order valence-corrected chi connectivity index (χ1v) is 12.0. The molecule has 2 aliphatic rings. The molecule has 2 fully saturated rings. The molecule has 178 valence electrons. The molecular weight excluding hydrogens is 432 g/mol. The van der Waals surface area contributed by atoms with Gasteiger partial charge in [0.05, 0.1) is 30.8 Å². The van der Waals surface area contributed by atoms with Crippen LogP contribution < -0.4 is 4.74 Å². The standard InChI is InChI=1S/C26H30N4O4/c31-25-8-4-11-28(25)14-16-34-24-7-2-1-6-22(24)26(32)29-13-15-33-19-20(18-29)17-21-5-3-12-30-23(21)9-10-27-30/h1-3,5-7,9-10,12,20H,4,8,11,13-19H2. The molecule has 1 unspecified atom stereocenters. The number of pyridine rings is 1. The first kappa shape index (κ1) is 22.4. The average molecular weight is 463 g/mol. The van der Waals surface area contributed by atoms with E-state index < -0.39 is 0 Å². The molecule has 0 bridgehead atoms. The topological polar surface area (TPSA) is 76.4 Å². The van der Waals surface area contributed by atoms with Crippen LogP contribution in [0.15, 0.2) is 54.9 Å². The molecule has 0 spiro atoms. The van der Waals surface area contributed by atoms with E-state index in [1.165, 1.54) is 5.56 Å². The zero-order valence-corrected chi connectivity index (χ0v) is 19.3. The Morgan fingerprint density at radius 3 is 2.94 bits per heavy atom. The predicted molar refractivity (Wildman–Crippen MR) is 127 cm³/mol. The van der Waals surface area contributed by atoms with Gasteiger partial charge in [0, 0.05) is 44.4 Å². The number of amides is 2. The lowest BCUT2D eigenvalue weighted by Crippen LogP contribution is -2.36. The Hall–Kier alpha value is -3.39. The number of hydrogen-bond acceptors (Lipinski definition) is 5. The van der Waals surface area contributed by atoms with Gasteiger partial charge in [0.15, 0.2) is 0 Å². The summed E-state index contributed by atoms with van der Waals surface area (Å²) < 4.78 is 13.7. The van der Waals surface area contributed by atoms with E-state index >= 15 is 0 Å². The summed E-state index contributed by atoms with van der Waals surface area (Å²) >= 11 is 0. The number of likely N-dealkylation sites (tertiary alicyclic amines) is 1. The molecule has 8 heteroatoms. The van der Waals surface area contributed by atoms with Crippen molar-refractivity contribution in [1.82, 2.24) is 19.4 Å². The Morgan fingerprint density at radius 2 is 2.06 bits per heavy atom. The maximum atomic E-state index is 13.5. The minimum absolute atomic E-state index is 0.0501. The number of ether oxygens (including phenoxy) is 2. The molecule has 0 N–H and O–H groups in total. The Balaban J connectivity index is 1.26. The van der Waals surface area contributed by atoms with Crippen molar-refractivity contribution in [2.45, 2.75) is 19.3 Å². The molecule has 2 saturated heterocycles. The summed E-state index contributed by atoms with van der Waals surface area (Å²) in [7, 11) is 0. The molecule has 0 saturated carbocycles. The van der Waals surface area contributed by atoms with Crippen LogP contribution in [-0.4, -0.2) is 77.2 Å². The highest BCUT2D eigenvalue weighted by Gasteiger charge is 2.26. The number of rotatable bonds is 7. The molecule has 2 amide bonds. The Kier molecular flexibility index (Phi) is 6.76. The Morgan fingerprint density at radius 1 is 1.15 bits per heavy atom. The lowest BCUT2D eigenvalue weighted by molar-refractivity contribution is -0.128. The molecule has 0 radical (unpaired) electrons. The molecule has 34 heavy (non-hydrogen) atoms. The summed E-state index contributed by atoms with van der Waals surface area (Å²) in [5, 5.41) is 4.32. The molecule has 2 aliphatic heterocycles. The van der Waals surface area contributed by atoms with Crippen LogP contribution in [0.4, 0.5) is 0 Å². The fraction of sp³-hybridized carbons (Fsp3) is 0.423. The molecule has 4 heterocycles. The molecule has 1 aromatic carbocycles. The number of aromatic nitrogens is 2. The summed E-state index contributed by atoms with van der Waals surface area (Å²) in [5.74, 6) is 0.868. The lowest BCUT2D eigenvalue weighted by Gasteiger charge is -2.25. The third-order valence-electron chi connectivity index (χ3n) is 6.57. The number of para-hydroxylation sites is 1. The lowest BCUT2D eigenvalue weighted by atomic mass is 9.99. The fourth-order valence-corrected chi connectivity index (χ4v) is 4.83. The zero-order valence-electron chi connectivity index (χ0n) is 19.3. The van der Waals surface area contributed by atoms with Gasteiger partial charge in [-0.05, 0) is 42.7 Å². The van der Waals surface area contributed by atoms with E-state index in [1.54, 1.807) is 6.20 Å². The van der Waals surface area contributed by atoms with Crippen LogP contribution in [0.3, 0.4) is 0 Å². The highest BCUT2D eigenvalue weighted by atomic mass is 16.5. The van der Waals surface area contributed by atoms with Gasteiger partial charge in [-0.3, -0.25) is 9.59 Å². The first-order valence-electron chi connectivity index (χ1n) is 12.0. The van der Waals surface area contributed by atoms with Crippen LogP contribution in [0, 0.1) is 5.92 Å². The maximum absolute atomic E-state index is 13.5. The van der Waals surface area contributed by atoms with Crippen molar-refractivity contribution < 1.29 is 19.1 Å². The molecule has 1 atom stereocenters. The largest absolute Gasteiger partial charge is 0.491 e. The average Bonchev–Trinajstić information content (AvgIpc) is 3.43. The highest BCUT2D eigenvalue weighted by molar-refractivity contribution is 5.97. The van der Waals surface area contributed by atoms with Crippen molar-refractivity contribution in [2.75, 3.05) is 46.0 Å². The van der Waals surface area contributed by atoms with Gasteiger partial charge in [0.25, 0.3) is 5.91 Å². The number of benzene rings is 1. The Labute approximate surface area is 199 Å². The Bertz CT molecular complexity index is 1160. The van der Waals surface area contributed by atoms with E-state index in [2.05, 4.69) is 11.2 Å². The fourth-order valence-electron chi connectivity index (χ4n) is 4.83. The van der Waals surface area contributed by atoms with Crippen LogP contribution in [0.5, 0.6) is 5.75 Å². The predicted octanol–water partition coefficient (Wildman–Crippen LogP) is 2.67. The van der Waals surface area contributed by atoms with Crippen molar-refractivity contribution in [2.24, 2.45) is 5.92 Å². The van der Waals surface area contributed by atoms with Crippen molar-refractivity contribution in [3.63, 3.8) is 0 Å². The number of nitrogens with zero attached hydrogens (tertiary/aromatic N) is 4. The summed E-state index contributed by atoms with van der Waals surface area (Å²) in [5.41, 5.74) is 2.83. The normalized spacial score (nSPS) is 18.9. The smallest absolute Gasteiger partial charge is 0.257 e. The second kappa shape index (κ2) is 10.3. The van der Waals surface area contributed by atoms with Crippen molar-refractivity contribution in [3.05, 3.63) is 66.0 Å². The molecule has 0 aliphatic carbocycles. The number of hydrogen-bond donors (Lipinski definition) is 0. The van der Waals surface area contributed by atoms with Gasteiger partial charge in [0.1, 0.15) is 12.4 Å². The van der Waals surface area contributed by atoms with Crippen LogP contribution in [0.1, 0.15) is 28.8 Å². The van der Waals surface area contributed by atoms with Crippen molar-refractivity contribution in [3.8, 4) is 5.75 Å². The van der Waals surface area contributed by atoms with Crippen LogP contribution >= 0.6 is 0 Å².